The molecule has 6 nitrogen and oxygen atoms in total. The molecule has 2 aliphatic rings. The molecule has 120 valence electrons. The smallest absolute Gasteiger partial charge is 0.308 e. The number of ketones is 2. The van der Waals surface area contributed by atoms with E-state index in [4.69, 9.17) is 4.74 Å². The standard InChI is InChI=1S/C17H16O6/c1-8-14-11(6-9(23-8)7-13(19)22-2)16(20)10-4-3-5-12(18)15(10)17(14)21/h3-5,8-9,18H,6-7H2,1-2H3/t8-,9-/m0/s1. The molecule has 0 bridgehead atoms. The second-order valence-corrected chi connectivity index (χ2v) is 5.63. The Morgan fingerprint density at radius 3 is 2.78 bits per heavy atom. The molecule has 0 saturated heterocycles. The summed E-state index contributed by atoms with van der Waals surface area (Å²) in [4.78, 5) is 36.8. The Morgan fingerprint density at radius 1 is 1.35 bits per heavy atom. The molecule has 0 fully saturated rings. The Balaban J connectivity index is 2.02. The van der Waals surface area contributed by atoms with E-state index in [0.717, 1.165) is 0 Å². The van der Waals surface area contributed by atoms with Gasteiger partial charge >= 0.3 is 5.97 Å². The lowest BCUT2D eigenvalue weighted by molar-refractivity contribution is -0.144. The minimum Gasteiger partial charge on any atom is -0.507 e. The van der Waals surface area contributed by atoms with Gasteiger partial charge in [-0.1, -0.05) is 12.1 Å². The molecule has 0 aromatic heterocycles. The summed E-state index contributed by atoms with van der Waals surface area (Å²) in [7, 11) is 1.29. The zero-order chi connectivity index (χ0) is 16.7. The number of carbonyl (C=O) groups excluding carboxylic acids is 3. The van der Waals surface area contributed by atoms with Crippen LogP contribution in [0.15, 0.2) is 29.3 Å². The van der Waals surface area contributed by atoms with Gasteiger partial charge in [0, 0.05) is 23.1 Å². The topological polar surface area (TPSA) is 89.9 Å². The highest BCUT2D eigenvalue weighted by Crippen LogP contribution is 2.39. The lowest BCUT2D eigenvalue weighted by Gasteiger charge is -2.33. The van der Waals surface area contributed by atoms with E-state index in [2.05, 4.69) is 4.74 Å². The average molecular weight is 316 g/mol. The number of phenols is 1. The van der Waals surface area contributed by atoms with E-state index in [1.54, 1.807) is 6.92 Å². The maximum Gasteiger partial charge on any atom is 0.308 e. The monoisotopic (exact) mass is 316 g/mol. The van der Waals surface area contributed by atoms with Gasteiger partial charge in [-0.2, -0.15) is 0 Å². The predicted molar refractivity (Wildman–Crippen MR) is 79.4 cm³/mol. The molecule has 2 atom stereocenters. The zero-order valence-electron chi connectivity index (χ0n) is 12.8. The van der Waals surface area contributed by atoms with Crippen molar-refractivity contribution in [3.8, 4) is 5.75 Å². The molecule has 6 heteroatoms. The van der Waals surface area contributed by atoms with Crippen molar-refractivity contribution < 1.29 is 29.0 Å². The van der Waals surface area contributed by atoms with Crippen molar-refractivity contribution in [1.29, 1.82) is 0 Å². The summed E-state index contributed by atoms with van der Waals surface area (Å²) in [5.74, 6) is -1.33. The molecular formula is C17H16O6. The molecule has 0 spiro atoms. The van der Waals surface area contributed by atoms with Crippen LogP contribution in [0.25, 0.3) is 0 Å². The SMILES string of the molecule is COC(=O)C[C@@H]1CC2=C(C(=O)c3c(O)cccc3C2=O)[C@H](C)O1. The van der Waals surface area contributed by atoms with Gasteiger partial charge in [0.05, 0.1) is 31.3 Å². The summed E-state index contributed by atoms with van der Waals surface area (Å²) in [5.41, 5.74) is 0.851. The molecule has 0 amide bonds. The number of hydrogen-bond donors (Lipinski definition) is 1. The van der Waals surface area contributed by atoms with Gasteiger partial charge in [-0.15, -0.1) is 0 Å². The fourth-order valence-electron chi connectivity index (χ4n) is 3.18. The number of hydrogen-bond acceptors (Lipinski definition) is 6. The molecule has 1 aromatic rings. The first kappa shape index (κ1) is 15.4. The van der Waals surface area contributed by atoms with Crippen LogP contribution in [-0.2, 0) is 14.3 Å². The van der Waals surface area contributed by atoms with E-state index in [0.29, 0.717) is 5.57 Å². The van der Waals surface area contributed by atoms with Crippen LogP contribution in [0.5, 0.6) is 5.75 Å². The maximum absolute atomic E-state index is 12.7. The van der Waals surface area contributed by atoms with Crippen LogP contribution in [0.1, 0.15) is 40.5 Å². The second-order valence-electron chi connectivity index (χ2n) is 5.63. The predicted octanol–water partition coefficient (Wildman–Crippen LogP) is 1.81. The molecule has 1 aliphatic heterocycles. The Hall–Kier alpha value is -2.47. The summed E-state index contributed by atoms with van der Waals surface area (Å²) in [6, 6.07) is 4.43. The fraction of sp³-hybridized carbons (Fsp3) is 0.353. The summed E-state index contributed by atoms with van der Waals surface area (Å²) in [6.07, 6.45) is -0.940. The third-order valence-corrected chi connectivity index (χ3v) is 4.21. The first-order valence-electron chi connectivity index (χ1n) is 7.30. The molecule has 3 rings (SSSR count). The number of ether oxygens (including phenoxy) is 2. The van der Waals surface area contributed by atoms with Crippen molar-refractivity contribution in [2.45, 2.75) is 32.0 Å². The Morgan fingerprint density at radius 2 is 2.09 bits per heavy atom. The van der Waals surface area contributed by atoms with Gasteiger partial charge in [0.2, 0.25) is 0 Å². The van der Waals surface area contributed by atoms with Gasteiger partial charge in [0.1, 0.15) is 5.75 Å². The van der Waals surface area contributed by atoms with Gasteiger partial charge in [-0.25, -0.2) is 0 Å². The molecule has 0 saturated carbocycles. The number of esters is 1. The van der Waals surface area contributed by atoms with Gasteiger partial charge in [-0.05, 0) is 13.0 Å². The summed E-state index contributed by atoms with van der Waals surface area (Å²) < 4.78 is 10.3. The zero-order valence-corrected chi connectivity index (χ0v) is 12.8. The molecule has 1 N–H and O–H groups in total. The van der Waals surface area contributed by atoms with Crippen LogP contribution in [-0.4, -0.2) is 42.0 Å². The number of benzene rings is 1. The van der Waals surface area contributed by atoms with E-state index in [9.17, 15) is 19.5 Å². The summed E-state index contributed by atoms with van der Waals surface area (Å²) in [6.45, 7) is 1.66. The van der Waals surface area contributed by atoms with Crippen LogP contribution in [0.3, 0.4) is 0 Å². The fourth-order valence-corrected chi connectivity index (χ4v) is 3.18. The van der Waals surface area contributed by atoms with Gasteiger partial charge in [-0.3, -0.25) is 14.4 Å². The summed E-state index contributed by atoms with van der Waals surface area (Å²) >= 11 is 0. The molecular weight excluding hydrogens is 300 g/mol. The van der Waals surface area contributed by atoms with Gasteiger partial charge < -0.3 is 14.6 Å². The molecule has 0 unspecified atom stereocenters. The van der Waals surface area contributed by atoms with Crippen LogP contribution >= 0.6 is 0 Å². The quantitative estimate of drug-likeness (QED) is 0.837. The van der Waals surface area contributed by atoms with Crippen LogP contribution < -0.4 is 0 Å². The highest BCUT2D eigenvalue weighted by molar-refractivity contribution is 6.28. The second kappa shape index (κ2) is 5.62. The van der Waals surface area contributed by atoms with E-state index in [-0.39, 0.29) is 41.1 Å². The molecule has 23 heavy (non-hydrogen) atoms. The first-order valence-corrected chi connectivity index (χ1v) is 7.30. The lowest BCUT2D eigenvalue weighted by Crippen LogP contribution is -2.38. The Labute approximate surface area is 132 Å². The van der Waals surface area contributed by atoms with Crippen LogP contribution in [0.2, 0.25) is 0 Å². The normalized spacial score (nSPS) is 23.4. The molecule has 1 aromatic carbocycles. The van der Waals surface area contributed by atoms with Crippen molar-refractivity contribution >= 4 is 17.5 Å². The van der Waals surface area contributed by atoms with Crippen LogP contribution in [0, 0.1) is 0 Å². The van der Waals surface area contributed by atoms with E-state index < -0.39 is 24.0 Å². The lowest BCUT2D eigenvalue weighted by atomic mass is 9.78. The van der Waals surface area contributed by atoms with Crippen molar-refractivity contribution in [3.05, 3.63) is 40.5 Å². The molecule has 1 heterocycles. The van der Waals surface area contributed by atoms with E-state index in [1.807, 2.05) is 0 Å². The minimum atomic E-state index is -0.627. The van der Waals surface area contributed by atoms with E-state index in [1.165, 1.54) is 25.3 Å². The Bertz CT molecular complexity index is 745. The number of aromatic hydroxyl groups is 1. The van der Waals surface area contributed by atoms with Crippen molar-refractivity contribution in [1.82, 2.24) is 0 Å². The van der Waals surface area contributed by atoms with Crippen LogP contribution in [0.4, 0.5) is 0 Å². The summed E-state index contributed by atoms with van der Waals surface area (Å²) in [5, 5.41) is 9.93. The van der Waals surface area contributed by atoms with E-state index >= 15 is 0 Å². The number of Topliss-reactive ketones (excluding diaryl/α,β-unsaturated/α-hetero) is 2. The van der Waals surface area contributed by atoms with Gasteiger partial charge in [0.25, 0.3) is 0 Å². The van der Waals surface area contributed by atoms with Crippen molar-refractivity contribution in [3.63, 3.8) is 0 Å². The molecule has 0 radical (unpaired) electrons. The number of carbonyl (C=O) groups is 3. The van der Waals surface area contributed by atoms with Crippen molar-refractivity contribution in [2.75, 3.05) is 7.11 Å². The van der Waals surface area contributed by atoms with Gasteiger partial charge in [0.15, 0.2) is 11.6 Å². The number of methoxy groups -OCH3 is 1. The number of phenolic OH excluding ortho intramolecular Hbond substituents is 1. The minimum absolute atomic E-state index is 0.0198. The Kier molecular flexibility index (Phi) is 3.77. The number of rotatable bonds is 2. The first-order chi connectivity index (χ1) is 10.9. The third-order valence-electron chi connectivity index (χ3n) is 4.21. The number of fused-ring (bicyclic) bond motifs is 1. The van der Waals surface area contributed by atoms with Crippen molar-refractivity contribution in [2.24, 2.45) is 0 Å². The highest BCUT2D eigenvalue weighted by atomic mass is 16.5. The highest BCUT2D eigenvalue weighted by Gasteiger charge is 2.41. The third kappa shape index (κ3) is 2.45. The molecule has 1 aliphatic carbocycles. The largest absolute Gasteiger partial charge is 0.507 e. The average Bonchev–Trinajstić information content (AvgIpc) is 2.51. The maximum atomic E-state index is 12.7.